The zero-order valence-electron chi connectivity index (χ0n) is 11.5. The largest absolute Gasteiger partial charge is 0.416 e. The Morgan fingerprint density at radius 2 is 1.62 bits per heavy atom. The highest BCUT2D eigenvalue weighted by Crippen LogP contribution is 2.20. The van der Waals surface area contributed by atoms with Crippen molar-refractivity contribution in [1.29, 1.82) is 5.26 Å². The third kappa shape index (κ3) is 8.38. The first-order valence-corrected chi connectivity index (χ1v) is 8.09. The first-order valence-electron chi connectivity index (χ1n) is 5.39. The van der Waals surface area contributed by atoms with Crippen LogP contribution in [0.5, 0.6) is 0 Å². The molecular formula is C11H15NO7S2. The highest BCUT2D eigenvalue weighted by molar-refractivity contribution is 7.94. The minimum Gasteiger partial charge on any atom is -0.263 e. The zero-order valence-corrected chi connectivity index (χ0v) is 13.2. The van der Waals surface area contributed by atoms with Gasteiger partial charge in [-0.2, -0.15) is 22.1 Å². The number of hydrogen-bond donors (Lipinski definition) is 1. The average Bonchev–Trinajstić information content (AvgIpc) is 2.38. The summed E-state index contributed by atoms with van der Waals surface area (Å²) >= 11 is 0. The molecule has 0 saturated heterocycles. The molecule has 0 aliphatic heterocycles. The molecule has 0 heterocycles. The number of nitriles is 1. The molecule has 1 rings (SSSR count). The topological polar surface area (TPSA) is 131 Å². The van der Waals surface area contributed by atoms with Gasteiger partial charge >= 0.3 is 20.8 Å². The summed E-state index contributed by atoms with van der Waals surface area (Å²) in [5.74, 6) is 0. The van der Waals surface area contributed by atoms with E-state index >= 15 is 0 Å². The van der Waals surface area contributed by atoms with E-state index in [4.69, 9.17) is 9.81 Å². The molecule has 0 amide bonds. The van der Waals surface area contributed by atoms with Crippen molar-refractivity contribution in [2.75, 3.05) is 7.11 Å². The zero-order chi connectivity index (χ0) is 16.7. The Kier molecular flexibility index (Phi) is 6.95. The fourth-order valence-corrected chi connectivity index (χ4v) is 2.12. The van der Waals surface area contributed by atoms with Gasteiger partial charge < -0.3 is 0 Å². The summed E-state index contributed by atoms with van der Waals surface area (Å²) in [4.78, 5) is 0. The summed E-state index contributed by atoms with van der Waals surface area (Å²) in [5.41, 5.74) is 0.712. The maximum Gasteiger partial charge on any atom is 0.416 e. The van der Waals surface area contributed by atoms with Gasteiger partial charge in [0, 0.05) is 0 Å². The molecule has 0 saturated carbocycles. The maximum atomic E-state index is 10.0. The van der Waals surface area contributed by atoms with Crippen molar-refractivity contribution in [2.24, 2.45) is 0 Å². The Hall–Kier alpha value is -1.51. The van der Waals surface area contributed by atoms with Gasteiger partial charge in [-0.3, -0.25) is 8.74 Å². The lowest BCUT2D eigenvalue weighted by Gasteiger charge is -2.14. The molecule has 0 aliphatic carbocycles. The van der Waals surface area contributed by atoms with Gasteiger partial charge in [0.15, 0.2) is 0 Å². The van der Waals surface area contributed by atoms with Crippen LogP contribution >= 0.6 is 0 Å². The van der Waals surface area contributed by atoms with E-state index in [2.05, 4.69) is 13.9 Å². The molecular weight excluding hydrogens is 322 g/mol. The molecule has 8 nitrogen and oxygen atoms in total. The van der Waals surface area contributed by atoms with Crippen LogP contribution in [-0.4, -0.2) is 28.5 Å². The monoisotopic (exact) mass is 337 g/mol. The average molecular weight is 337 g/mol. The van der Waals surface area contributed by atoms with E-state index in [1.807, 2.05) is 44.2 Å². The van der Waals surface area contributed by atoms with E-state index in [0.717, 1.165) is 5.56 Å². The van der Waals surface area contributed by atoms with E-state index in [9.17, 15) is 16.8 Å². The van der Waals surface area contributed by atoms with Gasteiger partial charge in [0.25, 0.3) is 0 Å². The molecule has 0 bridgehead atoms. The second-order valence-corrected chi connectivity index (χ2v) is 6.72. The molecule has 0 radical (unpaired) electrons. The number of nitrogens with zero attached hydrogens (tertiary/aromatic N) is 1. The Balaban J connectivity index is 0.000000384. The van der Waals surface area contributed by atoms with E-state index < -0.39 is 20.8 Å². The summed E-state index contributed by atoms with van der Waals surface area (Å²) < 4.78 is 53.8. The lowest BCUT2D eigenvalue weighted by Crippen LogP contribution is -2.13. The second kappa shape index (κ2) is 7.48. The molecule has 0 spiro atoms. The van der Waals surface area contributed by atoms with Gasteiger partial charge in [0.05, 0.1) is 18.6 Å². The Bertz CT molecular complexity index is 688. The molecule has 0 atom stereocenters. The lowest BCUT2D eigenvalue weighted by molar-refractivity contribution is 0.309. The SMILES string of the molecule is CC(C)(C#N)c1ccccc1.COS(=O)(=O)OS(=O)(=O)O. The van der Waals surface area contributed by atoms with Crippen LogP contribution in [0.2, 0.25) is 0 Å². The number of benzene rings is 1. The Labute approximate surface area is 124 Å². The smallest absolute Gasteiger partial charge is 0.263 e. The van der Waals surface area contributed by atoms with E-state index in [-0.39, 0.29) is 5.41 Å². The molecule has 0 aliphatic rings. The van der Waals surface area contributed by atoms with E-state index in [1.165, 1.54) is 0 Å². The van der Waals surface area contributed by atoms with Gasteiger partial charge in [0.1, 0.15) is 0 Å². The van der Waals surface area contributed by atoms with Gasteiger partial charge in [0.2, 0.25) is 0 Å². The van der Waals surface area contributed by atoms with Crippen molar-refractivity contribution >= 4 is 20.8 Å². The summed E-state index contributed by atoms with van der Waals surface area (Å²) in [6.45, 7) is 3.84. The highest BCUT2D eigenvalue weighted by Gasteiger charge is 2.19. The Morgan fingerprint density at radius 3 is 1.90 bits per heavy atom. The van der Waals surface area contributed by atoms with Gasteiger partial charge in [-0.1, -0.05) is 30.3 Å². The van der Waals surface area contributed by atoms with Crippen LogP contribution in [0.25, 0.3) is 0 Å². The summed E-state index contributed by atoms with van der Waals surface area (Å²) in [5, 5.41) is 8.80. The van der Waals surface area contributed by atoms with Crippen LogP contribution in [0, 0.1) is 11.3 Å². The first-order chi connectivity index (χ1) is 9.43. The van der Waals surface area contributed by atoms with Crippen molar-refractivity contribution in [2.45, 2.75) is 19.3 Å². The molecule has 118 valence electrons. The first kappa shape index (κ1) is 19.5. The van der Waals surface area contributed by atoms with Gasteiger partial charge in [-0.25, -0.2) is 0 Å². The van der Waals surface area contributed by atoms with Crippen molar-refractivity contribution in [3.63, 3.8) is 0 Å². The third-order valence-corrected chi connectivity index (χ3v) is 3.91. The van der Waals surface area contributed by atoms with E-state index in [1.54, 1.807) is 0 Å². The predicted molar refractivity (Wildman–Crippen MR) is 73.6 cm³/mol. The van der Waals surface area contributed by atoms with Crippen molar-refractivity contribution in [3.05, 3.63) is 35.9 Å². The van der Waals surface area contributed by atoms with Gasteiger partial charge in [-0.05, 0) is 19.4 Å². The minimum absolute atomic E-state index is 0.360. The maximum absolute atomic E-state index is 10.0. The van der Waals surface area contributed by atoms with Crippen LogP contribution < -0.4 is 0 Å². The van der Waals surface area contributed by atoms with Crippen LogP contribution in [0.4, 0.5) is 0 Å². The standard InChI is InChI=1S/C10H11N.CH4O7S2/c1-10(2,8-11)9-6-4-3-5-7-9;1-7-10(5,6)8-9(2,3)4/h3-7H,1-2H3;1H3,(H,2,3,4). The van der Waals surface area contributed by atoms with E-state index in [0.29, 0.717) is 7.11 Å². The van der Waals surface area contributed by atoms with Crippen LogP contribution in [-0.2, 0) is 34.0 Å². The predicted octanol–water partition coefficient (Wildman–Crippen LogP) is 1.18. The number of rotatable bonds is 4. The molecule has 0 aromatic heterocycles. The molecule has 1 aromatic carbocycles. The quantitative estimate of drug-likeness (QED) is 0.810. The van der Waals surface area contributed by atoms with Crippen molar-refractivity contribution < 1.29 is 29.2 Å². The molecule has 1 N–H and O–H groups in total. The molecule has 21 heavy (non-hydrogen) atoms. The normalized spacial score (nSPS) is 12.0. The molecule has 0 fully saturated rings. The minimum atomic E-state index is -5.01. The van der Waals surface area contributed by atoms with Crippen molar-refractivity contribution in [3.8, 4) is 6.07 Å². The van der Waals surface area contributed by atoms with Crippen LogP contribution in [0.15, 0.2) is 30.3 Å². The Morgan fingerprint density at radius 1 is 1.14 bits per heavy atom. The van der Waals surface area contributed by atoms with Crippen molar-refractivity contribution in [1.82, 2.24) is 0 Å². The molecule has 10 heteroatoms. The highest BCUT2D eigenvalue weighted by atomic mass is 32.3. The van der Waals surface area contributed by atoms with Crippen LogP contribution in [0.3, 0.4) is 0 Å². The van der Waals surface area contributed by atoms with Crippen LogP contribution in [0.1, 0.15) is 19.4 Å². The van der Waals surface area contributed by atoms with Gasteiger partial charge in [-0.15, -0.1) is 3.63 Å². The third-order valence-electron chi connectivity index (χ3n) is 2.15. The lowest BCUT2D eigenvalue weighted by atomic mass is 9.87. The fourth-order valence-electron chi connectivity index (χ4n) is 1.05. The second-order valence-electron chi connectivity index (χ2n) is 4.17. The summed E-state index contributed by atoms with van der Waals surface area (Å²) in [7, 11) is -8.94. The number of hydrogen-bond acceptors (Lipinski definition) is 7. The fraction of sp³-hybridized carbons (Fsp3) is 0.364. The molecule has 1 aromatic rings. The molecule has 0 unspecified atom stereocenters. The summed E-state index contributed by atoms with van der Waals surface area (Å²) in [6, 6.07) is 12.1. The summed E-state index contributed by atoms with van der Waals surface area (Å²) in [6.07, 6.45) is 0.